The van der Waals surface area contributed by atoms with E-state index in [9.17, 15) is 9.18 Å². The fourth-order valence-electron chi connectivity index (χ4n) is 1.63. The molecule has 0 aliphatic rings. The third kappa shape index (κ3) is 2.05. The summed E-state index contributed by atoms with van der Waals surface area (Å²) in [6.45, 7) is 0.0678. The summed E-state index contributed by atoms with van der Waals surface area (Å²) in [6.07, 6.45) is 1.39. The lowest BCUT2D eigenvalue weighted by Crippen LogP contribution is -2.24. The minimum absolute atomic E-state index is 0.0678. The van der Waals surface area contributed by atoms with Crippen molar-refractivity contribution in [3.63, 3.8) is 0 Å². The van der Waals surface area contributed by atoms with Crippen molar-refractivity contribution in [1.82, 2.24) is 4.57 Å². The first-order valence-electron chi connectivity index (χ1n) is 5.09. The second-order valence-corrected chi connectivity index (χ2v) is 3.63. The van der Waals surface area contributed by atoms with E-state index in [1.165, 1.54) is 29.0 Å². The Bertz CT molecular complexity index is 607. The van der Waals surface area contributed by atoms with Crippen molar-refractivity contribution in [2.45, 2.75) is 6.54 Å². The molecule has 0 unspecified atom stereocenters. The van der Waals surface area contributed by atoms with Crippen molar-refractivity contribution in [3.8, 4) is 5.69 Å². The molecule has 0 saturated carbocycles. The molecule has 2 aromatic rings. The Hall–Kier alpha value is -2.14. The zero-order valence-electron chi connectivity index (χ0n) is 9.06. The van der Waals surface area contributed by atoms with E-state index in [4.69, 9.17) is 11.5 Å². The summed E-state index contributed by atoms with van der Waals surface area (Å²) in [7, 11) is 0. The maximum atomic E-state index is 13.6. The summed E-state index contributed by atoms with van der Waals surface area (Å²) >= 11 is 0. The monoisotopic (exact) mass is 233 g/mol. The number of hydrogen-bond donors (Lipinski definition) is 2. The van der Waals surface area contributed by atoms with Gasteiger partial charge < -0.3 is 11.5 Å². The van der Waals surface area contributed by atoms with Crippen LogP contribution in [-0.4, -0.2) is 4.57 Å². The van der Waals surface area contributed by atoms with Gasteiger partial charge in [0, 0.05) is 24.0 Å². The lowest BCUT2D eigenvalue weighted by Gasteiger charge is -2.09. The summed E-state index contributed by atoms with van der Waals surface area (Å²) in [6, 6.07) is 7.50. The third-order valence-corrected chi connectivity index (χ3v) is 2.44. The number of hydrogen-bond acceptors (Lipinski definition) is 3. The first-order valence-corrected chi connectivity index (χ1v) is 5.09. The molecule has 0 bridgehead atoms. The molecule has 0 saturated heterocycles. The molecule has 2 rings (SSSR count). The summed E-state index contributed by atoms with van der Waals surface area (Å²) in [5.41, 5.74) is 11.6. The highest BCUT2D eigenvalue weighted by Gasteiger charge is 2.09. The van der Waals surface area contributed by atoms with Crippen molar-refractivity contribution in [1.29, 1.82) is 0 Å². The van der Waals surface area contributed by atoms with Crippen molar-refractivity contribution in [2.24, 2.45) is 5.73 Å². The maximum Gasteiger partial charge on any atom is 0.259 e. The largest absolute Gasteiger partial charge is 0.398 e. The van der Waals surface area contributed by atoms with Crippen LogP contribution in [0.4, 0.5) is 10.1 Å². The zero-order chi connectivity index (χ0) is 12.4. The molecule has 0 fully saturated rings. The van der Waals surface area contributed by atoms with E-state index in [-0.39, 0.29) is 17.8 Å². The van der Waals surface area contributed by atoms with Crippen molar-refractivity contribution < 1.29 is 4.39 Å². The molecule has 5 heteroatoms. The molecular weight excluding hydrogens is 221 g/mol. The average Bonchev–Trinajstić information content (AvgIpc) is 2.32. The van der Waals surface area contributed by atoms with Gasteiger partial charge >= 0.3 is 0 Å². The van der Waals surface area contributed by atoms with Gasteiger partial charge in [-0.15, -0.1) is 0 Å². The molecule has 1 aromatic carbocycles. The van der Waals surface area contributed by atoms with E-state index in [0.717, 1.165) is 0 Å². The Balaban J connectivity index is 2.72. The fraction of sp³-hybridized carbons (Fsp3) is 0.0833. The molecule has 4 N–H and O–H groups in total. The van der Waals surface area contributed by atoms with Gasteiger partial charge in [-0.1, -0.05) is 12.1 Å². The lowest BCUT2D eigenvalue weighted by molar-refractivity contribution is 0.616. The van der Waals surface area contributed by atoms with Gasteiger partial charge in [0.15, 0.2) is 0 Å². The normalized spacial score (nSPS) is 10.5. The standard InChI is InChI=1S/C12H12FN3O/c13-10-3-1-2-4-11(10)16-7-9(15)5-8(6-14)12(16)17/h1-5,7H,6,14-15H2. The van der Waals surface area contributed by atoms with E-state index in [2.05, 4.69) is 0 Å². The fourth-order valence-corrected chi connectivity index (χ4v) is 1.63. The number of benzene rings is 1. The first kappa shape index (κ1) is 11.3. The molecular formula is C12H12FN3O. The van der Waals surface area contributed by atoms with Crippen LogP contribution in [0.3, 0.4) is 0 Å². The Kier molecular flexibility index (Phi) is 2.93. The van der Waals surface area contributed by atoms with Crippen molar-refractivity contribution >= 4 is 5.69 Å². The summed E-state index contributed by atoms with van der Waals surface area (Å²) in [5.74, 6) is -0.483. The van der Waals surface area contributed by atoms with Gasteiger partial charge in [0.1, 0.15) is 5.82 Å². The van der Waals surface area contributed by atoms with Crippen LogP contribution in [0.1, 0.15) is 5.56 Å². The summed E-state index contributed by atoms with van der Waals surface area (Å²) in [5, 5.41) is 0. The number of anilines is 1. The predicted octanol–water partition coefficient (Wildman–Crippen LogP) is 1.02. The zero-order valence-corrected chi connectivity index (χ0v) is 9.06. The summed E-state index contributed by atoms with van der Waals surface area (Å²) in [4.78, 5) is 12.0. The average molecular weight is 233 g/mol. The molecule has 0 amide bonds. The van der Waals surface area contributed by atoms with Crippen LogP contribution in [0.15, 0.2) is 41.3 Å². The van der Waals surface area contributed by atoms with Gasteiger partial charge in [0.2, 0.25) is 0 Å². The molecule has 0 aliphatic heterocycles. The second kappa shape index (κ2) is 4.39. The number of para-hydroxylation sites is 1. The van der Waals surface area contributed by atoms with Gasteiger partial charge in [-0.05, 0) is 18.2 Å². The van der Waals surface area contributed by atoms with Crippen LogP contribution < -0.4 is 17.0 Å². The molecule has 0 radical (unpaired) electrons. The van der Waals surface area contributed by atoms with Gasteiger partial charge in [-0.2, -0.15) is 0 Å². The van der Waals surface area contributed by atoms with E-state index in [1.807, 2.05) is 0 Å². The number of rotatable bonds is 2. The Morgan fingerprint density at radius 3 is 2.65 bits per heavy atom. The quantitative estimate of drug-likeness (QED) is 0.813. The topological polar surface area (TPSA) is 74.0 Å². The van der Waals surface area contributed by atoms with Gasteiger partial charge in [-0.25, -0.2) is 4.39 Å². The molecule has 1 aromatic heterocycles. The number of pyridine rings is 1. The minimum Gasteiger partial charge on any atom is -0.398 e. The number of aromatic nitrogens is 1. The number of nitrogens with two attached hydrogens (primary N) is 2. The number of nitrogens with zero attached hydrogens (tertiary/aromatic N) is 1. The first-order chi connectivity index (χ1) is 8.13. The highest BCUT2D eigenvalue weighted by atomic mass is 19.1. The molecule has 0 atom stereocenters. The second-order valence-electron chi connectivity index (χ2n) is 3.63. The summed E-state index contributed by atoms with van der Waals surface area (Å²) < 4.78 is 14.8. The number of halogens is 1. The number of nitrogen functional groups attached to an aromatic ring is 1. The van der Waals surface area contributed by atoms with Gasteiger partial charge in [0.05, 0.1) is 5.69 Å². The van der Waals surface area contributed by atoms with Crippen LogP contribution in [0.5, 0.6) is 0 Å². The van der Waals surface area contributed by atoms with Crippen LogP contribution in [0.25, 0.3) is 5.69 Å². The Morgan fingerprint density at radius 1 is 1.29 bits per heavy atom. The van der Waals surface area contributed by atoms with Crippen molar-refractivity contribution in [2.75, 3.05) is 5.73 Å². The highest BCUT2D eigenvalue weighted by molar-refractivity contribution is 5.43. The van der Waals surface area contributed by atoms with Crippen LogP contribution >= 0.6 is 0 Å². The highest BCUT2D eigenvalue weighted by Crippen LogP contribution is 2.12. The van der Waals surface area contributed by atoms with Gasteiger partial charge in [-0.3, -0.25) is 9.36 Å². The van der Waals surface area contributed by atoms with E-state index < -0.39 is 5.82 Å². The van der Waals surface area contributed by atoms with Crippen molar-refractivity contribution in [3.05, 3.63) is 58.3 Å². The molecule has 0 spiro atoms. The Labute approximate surface area is 97.3 Å². The molecule has 4 nitrogen and oxygen atoms in total. The van der Waals surface area contributed by atoms with Crippen LogP contribution in [0.2, 0.25) is 0 Å². The lowest BCUT2D eigenvalue weighted by atomic mass is 10.2. The SMILES string of the molecule is NCc1cc(N)cn(-c2ccccc2F)c1=O. The van der Waals surface area contributed by atoms with Crippen LogP contribution in [0, 0.1) is 5.82 Å². The van der Waals surface area contributed by atoms with E-state index in [1.54, 1.807) is 12.1 Å². The third-order valence-electron chi connectivity index (χ3n) is 2.44. The molecule has 88 valence electrons. The van der Waals surface area contributed by atoms with Crippen LogP contribution in [-0.2, 0) is 6.54 Å². The molecule has 17 heavy (non-hydrogen) atoms. The maximum absolute atomic E-state index is 13.6. The van der Waals surface area contributed by atoms with E-state index >= 15 is 0 Å². The molecule has 0 aliphatic carbocycles. The Morgan fingerprint density at radius 2 is 2.00 bits per heavy atom. The van der Waals surface area contributed by atoms with E-state index in [0.29, 0.717) is 11.3 Å². The predicted molar refractivity (Wildman–Crippen MR) is 64.3 cm³/mol. The smallest absolute Gasteiger partial charge is 0.259 e. The minimum atomic E-state index is -0.483. The van der Waals surface area contributed by atoms with Gasteiger partial charge in [0.25, 0.3) is 5.56 Å². The molecule has 1 heterocycles.